The maximum atomic E-state index is 10.1. The highest BCUT2D eigenvalue weighted by Crippen LogP contribution is 2.35. The van der Waals surface area contributed by atoms with Crippen LogP contribution < -0.4 is 15.8 Å². The lowest BCUT2D eigenvalue weighted by Crippen LogP contribution is -2.33. The van der Waals surface area contributed by atoms with Crippen molar-refractivity contribution < 1.29 is 9.84 Å². The molecule has 2 rings (SSSR count). The standard InChI is InChI=1S/C11H16N2O2/c1-15-8-2-3-10-9(4-8)11(14)7(5-12)6-13-10/h2-4,7,11,13-14H,5-6,12H2,1H3/t7-,11-/m1/s1. The van der Waals surface area contributed by atoms with Gasteiger partial charge >= 0.3 is 0 Å². The van der Waals surface area contributed by atoms with Crippen molar-refractivity contribution in [3.63, 3.8) is 0 Å². The number of hydrogen-bond donors (Lipinski definition) is 3. The Hall–Kier alpha value is -1.26. The van der Waals surface area contributed by atoms with E-state index < -0.39 is 6.10 Å². The fraction of sp³-hybridized carbons (Fsp3) is 0.455. The second-order valence-electron chi connectivity index (χ2n) is 3.77. The van der Waals surface area contributed by atoms with Gasteiger partial charge in [0.05, 0.1) is 13.2 Å². The van der Waals surface area contributed by atoms with E-state index in [1.165, 1.54) is 0 Å². The van der Waals surface area contributed by atoms with Crippen LogP contribution in [0, 0.1) is 5.92 Å². The van der Waals surface area contributed by atoms with Gasteiger partial charge in [-0.05, 0) is 24.7 Å². The Bertz CT molecular complexity index is 354. The van der Waals surface area contributed by atoms with Gasteiger partial charge in [-0.3, -0.25) is 0 Å². The zero-order chi connectivity index (χ0) is 10.8. The highest BCUT2D eigenvalue weighted by atomic mass is 16.5. The molecule has 82 valence electrons. The summed E-state index contributed by atoms with van der Waals surface area (Å²) in [5.74, 6) is 0.830. The SMILES string of the molecule is COc1ccc2c(c1)[C@H](O)[C@H](CN)CN2. The van der Waals surface area contributed by atoms with E-state index in [1.807, 2.05) is 18.2 Å². The Kier molecular flexibility index (Phi) is 2.79. The number of hydrogen-bond acceptors (Lipinski definition) is 4. The number of aliphatic hydroxyl groups excluding tert-OH is 1. The number of aliphatic hydroxyl groups is 1. The van der Waals surface area contributed by atoms with Crippen molar-refractivity contribution in [2.45, 2.75) is 6.10 Å². The second-order valence-corrected chi connectivity index (χ2v) is 3.77. The summed E-state index contributed by atoms with van der Waals surface area (Å²) in [6.07, 6.45) is -0.499. The molecule has 2 atom stereocenters. The zero-order valence-corrected chi connectivity index (χ0v) is 8.73. The normalized spacial score (nSPS) is 24.2. The Morgan fingerprint density at radius 1 is 1.60 bits per heavy atom. The number of rotatable bonds is 2. The number of anilines is 1. The summed E-state index contributed by atoms with van der Waals surface area (Å²) in [4.78, 5) is 0. The first kappa shape index (κ1) is 10.3. The van der Waals surface area contributed by atoms with Crippen LogP contribution in [0.1, 0.15) is 11.7 Å². The van der Waals surface area contributed by atoms with Gasteiger partial charge < -0.3 is 20.9 Å². The molecule has 0 saturated heterocycles. The van der Waals surface area contributed by atoms with E-state index in [0.29, 0.717) is 6.54 Å². The Labute approximate surface area is 89.0 Å². The quantitative estimate of drug-likeness (QED) is 0.670. The fourth-order valence-electron chi connectivity index (χ4n) is 1.89. The molecule has 1 aliphatic heterocycles. The number of fused-ring (bicyclic) bond motifs is 1. The van der Waals surface area contributed by atoms with Gasteiger partial charge in [0.1, 0.15) is 5.75 Å². The third-order valence-corrected chi connectivity index (χ3v) is 2.88. The third-order valence-electron chi connectivity index (χ3n) is 2.88. The molecule has 4 N–H and O–H groups in total. The molecule has 15 heavy (non-hydrogen) atoms. The third kappa shape index (κ3) is 1.78. The summed E-state index contributed by atoms with van der Waals surface area (Å²) in [6.45, 7) is 1.20. The summed E-state index contributed by atoms with van der Waals surface area (Å²) in [5.41, 5.74) is 7.43. The first-order valence-electron chi connectivity index (χ1n) is 5.06. The molecule has 0 bridgehead atoms. The molecule has 0 aliphatic carbocycles. The molecule has 1 aromatic carbocycles. The molecule has 0 unspecified atom stereocenters. The first-order valence-corrected chi connectivity index (χ1v) is 5.06. The van der Waals surface area contributed by atoms with Crippen molar-refractivity contribution >= 4 is 5.69 Å². The van der Waals surface area contributed by atoms with Crippen LogP contribution in [0.2, 0.25) is 0 Å². The van der Waals surface area contributed by atoms with E-state index in [-0.39, 0.29) is 5.92 Å². The smallest absolute Gasteiger partial charge is 0.119 e. The molecule has 1 aromatic rings. The zero-order valence-electron chi connectivity index (χ0n) is 8.73. The van der Waals surface area contributed by atoms with Crippen molar-refractivity contribution in [2.24, 2.45) is 11.7 Å². The Morgan fingerprint density at radius 3 is 3.07 bits per heavy atom. The van der Waals surface area contributed by atoms with E-state index in [9.17, 15) is 5.11 Å². The Balaban J connectivity index is 2.35. The molecule has 4 nitrogen and oxygen atoms in total. The van der Waals surface area contributed by atoms with Crippen LogP contribution in [0.4, 0.5) is 5.69 Å². The van der Waals surface area contributed by atoms with Crippen molar-refractivity contribution in [3.8, 4) is 5.75 Å². The van der Waals surface area contributed by atoms with Gasteiger partial charge in [0.15, 0.2) is 0 Å². The molecule has 4 heteroatoms. The van der Waals surface area contributed by atoms with Crippen LogP contribution in [-0.4, -0.2) is 25.3 Å². The summed E-state index contributed by atoms with van der Waals surface area (Å²) < 4.78 is 5.13. The van der Waals surface area contributed by atoms with Crippen LogP contribution in [0.5, 0.6) is 5.75 Å². The fourth-order valence-corrected chi connectivity index (χ4v) is 1.89. The lowest BCUT2D eigenvalue weighted by atomic mass is 9.91. The lowest BCUT2D eigenvalue weighted by molar-refractivity contribution is 0.114. The highest BCUT2D eigenvalue weighted by Gasteiger charge is 2.26. The van der Waals surface area contributed by atoms with E-state index in [2.05, 4.69) is 5.32 Å². The van der Waals surface area contributed by atoms with Crippen LogP contribution in [0.15, 0.2) is 18.2 Å². The average molecular weight is 208 g/mol. The van der Waals surface area contributed by atoms with Gasteiger partial charge in [0.2, 0.25) is 0 Å². The average Bonchev–Trinajstić information content (AvgIpc) is 2.29. The summed E-state index contributed by atoms with van der Waals surface area (Å²) in [7, 11) is 1.62. The molecular formula is C11H16N2O2. The molecular weight excluding hydrogens is 192 g/mol. The van der Waals surface area contributed by atoms with E-state index in [0.717, 1.165) is 23.5 Å². The molecule has 0 amide bonds. The van der Waals surface area contributed by atoms with Crippen molar-refractivity contribution in [3.05, 3.63) is 23.8 Å². The maximum absolute atomic E-state index is 10.1. The molecule has 0 radical (unpaired) electrons. The molecule has 0 fully saturated rings. The predicted molar refractivity (Wildman–Crippen MR) is 59.0 cm³/mol. The minimum absolute atomic E-state index is 0.0737. The van der Waals surface area contributed by atoms with Crippen LogP contribution >= 0.6 is 0 Å². The molecule has 0 aromatic heterocycles. The largest absolute Gasteiger partial charge is 0.497 e. The van der Waals surface area contributed by atoms with Gasteiger partial charge in [-0.25, -0.2) is 0 Å². The molecule has 0 spiro atoms. The van der Waals surface area contributed by atoms with Gasteiger partial charge in [0.25, 0.3) is 0 Å². The lowest BCUT2D eigenvalue weighted by Gasteiger charge is -2.30. The highest BCUT2D eigenvalue weighted by molar-refractivity contribution is 5.57. The summed E-state index contributed by atoms with van der Waals surface area (Å²) in [6, 6.07) is 5.65. The van der Waals surface area contributed by atoms with Crippen LogP contribution in [0.3, 0.4) is 0 Å². The first-order chi connectivity index (χ1) is 7.26. The van der Waals surface area contributed by atoms with Crippen LogP contribution in [0.25, 0.3) is 0 Å². The monoisotopic (exact) mass is 208 g/mol. The van der Waals surface area contributed by atoms with E-state index in [4.69, 9.17) is 10.5 Å². The number of nitrogens with one attached hydrogen (secondary N) is 1. The number of nitrogens with two attached hydrogens (primary N) is 1. The van der Waals surface area contributed by atoms with Gasteiger partial charge in [0, 0.05) is 23.7 Å². The number of methoxy groups -OCH3 is 1. The molecule has 1 heterocycles. The second kappa shape index (κ2) is 4.08. The minimum atomic E-state index is -0.499. The number of benzene rings is 1. The maximum Gasteiger partial charge on any atom is 0.119 e. The van der Waals surface area contributed by atoms with Gasteiger partial charge in [-0.2, -0.15) is 0 Å². The number of ether oxygens (including phenoxy) is 1. The van der Waals surface area contributed by atoms with Gasteiger partial charge in [-0.1, -0.05) is 0 Å². The Morgan fingerprint density at radius 2 is 2.40 bits per heavy atom. The van der Waals surface area contributed by atoms with E-state index >= 15 is 0 Å². The van der Waals surface area contributed by atoms with Crippen molar-refractivity contribution in [1.29, 1.82) is 0 Å². The summed E-state index contributed by atoms with van der Waals surface area (Å²) in [5, 5.41) is 13.3. The minimum Gasteiger partial charge on any atom is -0.497 e. The van der Waals surface area contributed by atoms with E-state index in [1.54, 1.807) is 7.11 Å². The van der Waals surface area contributed by atoms with Crippen LogP contribution in [-0.2, 0) is 0 Å². The summed E-state index contributed by atoms with van der Waals surface area (Å²) >= 11 is 0. The van der Waals surface area contributed by atoms with Crippen molar-refractivity contribution in [2.75, 3.05) is 25.5 Å². The molecule has 1 aliphatic rings. The van der Waals surface area contributed by atoms with Crippen molar-refractivity contribution in [1.82, 2.24) is 0 Å². The molecule has 0 saturated carbocycles. The predicted octanol–water partition coefficient (Wildman–Crippen LogP) is 0.729. The topological polar surface area (TPSA) is 67.5 Å². The van der Waals surface area contributed by atoms with Gasteiger partial charge in [-0.15, -0.1) is 0 Å².